The Morgan fingerprint density at radius 3 is 2.73 bits per heavy atom. The highest BCUT2D eigenvalue weighted by molar-refractivity contribution is 5.90. The topological polar surface area (TPSA) is 103 Å². The van der Waals surface area contributed by atoms with Crippen LogP contribution in [0.15, 0.2) is 30.5 Å². The Kier molecular flexibility index (Phi) is 4.71. The van der Waals surface area contributed by atoms with Gasteiger partial charge < -0.3 is 20.3 Å². The molecule has 138 valence electrons. The molecule has 1 saturated heterocycles. The summed E-state index contributed by atoms with van der Waals surface area (Å²) >= 11 is 0. The van der Waals surface area contributed by atoms with Crippen molar-refractivity contribution in [1.29, 1.82) is 0 Å². The molecule has 2 amide bonds. The average molecular weight is 357 g/mol. The lowest BCUT2D eigenvalue weighted by molar-refractivity contribution is -0.147. The summed E-state index contributed by atoms with van der Waals surface area (Å²) in [6.07, 6.45) is 2.61. The normalized spacial score (nSPS) is 20.9. The van der Waals surface area contributed by atoms with Crippen molar-refractivity contribution in [3.05, 3.63) is 36.0 Å². The van der Waals surface area contributed by atoms with Crippen LogP contribution in [0.4, 0.5) is 0 Å². The lowest BCUT2D eigenvalue weighted by Crippen LogP contribution is -2.49. The highest BCUT2D eigenvalue weighted by atomic mass is 16.4. The first-order valence-electron chi connectivity index (χ1n) is 8.64. The maximum absolute atomic E-state index is 13.0. The highest BCUT2D eigenvalue weighted by Crippen LogP contribution is 2.31. The molecule has 2 heterocycles. The lowest BCUT2D eigenvalue weighted by atomic mass is 9.90. The molecule has 3 rings (SSSR count). The number of likely N-dealkylation sites (tertiary alicyclic amines) is 1. The molecule has 0 spiro atoms. The van der Waals surface area contributed by atoms with Crippen molar-refractivity contribution in [2.24, 2.45) is 5.41 Å². The third-order valence-electron chi connectivity index (χ3n) is 5.08. The minimum atomic E-state index is -0.933. The Labute approximate surface area is 151 Å². The van der Waals surface area contributed by atoms with Gasteiger partial charge in [-0.25, -0.2) is 0 Å². The SMILES string of the molecule is CC(=O)N[C@@H](Cc1c[nH]c2ccccc12)C(=O)N1CC[C@](C)(C(=O)O)C1. The summed E-state index contributed by atoms with van der Waals surface area (Å²) < 4.78 is 0. The molecule has 7 heteroatoms. The van der Waals surface area contributed by atoms with Crippen molar-refractivity contribution in [3.63, 3.8) is 0 Å². The van der Waals surface area contributed by atoms with Crippen LogP contribution in [0.1, 0.15) is 25.8 Å². The Morgan fingerprint density at radius 1 is 1.35 bits per heavy atom. The number of rotatable bonds is 5. The molecule has 3 N–H and O–H groups in total. The van der Waals surface area contributed by atoms with Crippen LogP contribution < -0.4 is 5.32 Å². The number of para-hydroxylation sites is 1. The zero-order valence-electron chi connectivity index (χ0n) is 14.9. The quantitative estimate of drug-likeness (QED) is 0.755. The van der Waals surface area contributed by atoms with Gasteiger partial charge in [0.25, 0.3) is 0 Å². The first kappa shape index (κ1) is 18.0. The van der Waals surface area contributed by atoms with Crippen molar-refractivity contribution < 1.29 is 19.5 Å². The van der Waals surface area contributed by atoms with Gasteiger partial charge in [-0.3, -0.25) is 14.4 Å². The Morgan fingerprint density at radius 2 is 2.08 bits per heavy atom. The van der Waals surface area contributed by atoms with Crippen LogP contribution in [0.3, 0.4) is 0 Å². The number of aromatic nitrogens is 1. The fraction of sp³-hybridized carbons (Fsp3) is 0.421. The van der Waals surface area contributed by atoms with Crippen LogP contribution in [-0.2, 0) is 20.8 Å². The van der Waals surface area contributed by atoms with E-state index in [0.717, 1.165) is 16.5 Å². The van der Waals surface area contributed by atoms with Crippen LogP contribution in [0, 0.1) is 5.41 Å². The summed E-state index contributed by atoms with van der Waals surface area (Å²) in [6.45, 7) is 3.56. The molecule has 1 aliphatic rings. The van der Waals surface area contributed by atoms with Crippen LogP contribution >= 0.6 is 0 Å². The van der Waals surface area contributed by atoms with E-state index < -0.39 is 17.4 Å². The highest BCUT2D eigenvalue weighted by Gasteiger charge is 2.43. The molecule has 0 unspecified atom stereocenters. The molecule has 0 saturated carbocycles. The fourth-order valence-electron chi connectivity index (χ4n) is 3.51. The van der Waals surface area contributed by atoms with E-state index in [4.69, 9.17) is 0 Å². The van der Waals surface area contributed by atoms with Gasteiger partial charge in [0.2, 0.25) is 11.8 Å². The van der Waals surface area contributed by atoms with Gasteiger partial charge in [0, 0.05) is 43.5 Å². The summed E-state index contributed by atoms with van der Waals surface area (Å²) in [4.78, 5) is 40.7. The zero-order chi connectivity index (χ0) is 18.9. The molecule has 1 aromatic heterocycles. The van der Waals surface area contributed by atoms with E-state index in [1.807, 2.05) is 30.5 Å². The number of carbonyl (C=O) groups excluding carboxylic acids is 2. The number of aromatic amines is 1. The van der Waals surface area contributed by atoms with E-state index in [-0.39, 0.29) is 18.4 Å². The molecular weight excluding hydrogens is 334 g/mol. The molecule has 1 aliphatic heterocycles. The third-order valence-corrected chi connectivity index (χ3v) is 5.08. The first-order valence-corrected chi connectivity index (χ1v) is 8.64. The molecule has 0 radical (unpaired) electrons. The molecule has 0 bridgehead atoms. The number of carboxylic acid groups (broad SMARTS) is 1. The smallest absolute Gasteiger partial charge is 0.311 e. The number of aliphatic carboxylic acids is 1. The van der Waals surface area contributed by atoms with E-state index in [1.165, 1.54) is 6.92 Å². The van der Waals surface area contributed by atoms with Crippen LogP contribution in [0.2, 0.25) is 0 Å². The monoisotopic (exact) mass is 357 g/mol. The summed E-state index contributed by atoms with van der Waals surface area (Å²) in [7, 11) is 0. The maximum Gasteiger partial charge on any atom is 0.311 e. The Hall–Kier alpha value is -2.83. The molecule has 1 aromatic carbocycles. The predicted molar refractivity (Wildman–Crippen MR) is 96.5 cm³/mol. The van der Waals surface area contributed by atoms with Gasteiger partial charge in [-0.05, 0) is 25.0 Å². The molecule has 1 fully saturated rings. The maximum atomic E-state index is 13.0. The molecule has 2 aromatic rings. The fourth-order valence-corrected chi connectivity index (χ4v) is 3.51. The van der Waals surface area contributed by atoms with E-state index >= 15 is 0 Å². The number of H-pyrrole nitrogens is 1. The molecule has 7 nitrogen and oxygen atoms in total. The van der Waals surface area contributed by atoms with Gasteiger partial charge in [-0.1, -0.05) is 18.2 Å². The van der Waals surface area contributed by atoms with Gasteiger partial charge in [0.15, 0.2) is 0 Å². The molecule has 2 atom stereocenters. The van der Waals surface area contributed by atoms with Crippen molar-refractivity contribution in [2.75, 3.05) is 13.1 Å². The van der Waals surface area contributed by atoms with E-state index in [9.17, 15) is 19.5 Å². The number of nitrogens with zero attached hydrogens (tertiary/aromatic N) is 1. The minimum absolute atomic E-state index is 0.158. The second-order valence-electron chi connectivity index (χ2n) is 7.19. The zero-order valence-corrected chi connectivity index (χ0v) is 14.9. The number of fused-ring (bicyclic) bond motifs is 1. The van der Waals surface area contributed by atoms with E-state index in [1.54, 1.807) is 11.8 Å². The van der Waals surface area contributed by atoms with Gasteiger partial charge in [0.1, 0.15) is 6.04 Å². The van der Waals surface area contributed by atoms with Crippen molar-refractivity contribution >= 4 is 28.7 Å². The number of hydrogen-bond donors (Lipinski definition) is 3. The second-order valence-corrected chi connectivity index (χ2v) is 7.19. The standard InChI is InChI=1S/C19H23N3O4/c1-12(23)21-16(9-13-10-20-15-6-4-3-5-14(13)15)17(24)22-8-7-19(2,11-22)18(25)26/h3-6,10,16,20H,7-9,11H2,1-2H3,(H,21,23)(H,25,26)/t16-,19-/m0/s1. The van der Waals surface area contributed by atoms with Crippen LogP contribution in [-0.4, -0.2) is 51.9 Å². The third kappa shape index (κ3) is 3.42. The number of nitrogens with one attached hydrogen (secondary N) is 2. The minimum Gasteiger partial charge on any atom is -0.481 e. The summed E-state index contributed by atoms with van der Waals surface area (Å²) in [6, 6.07) is 7.05. The van der Waals surface area contributed by atoms with Crippen LogP contribution in [0.5, 0.6) is 0 Å². The number of carboxylic acids is 1. The van der Waals surface area contributed by atoms with Gasteiger partial charge in [-0.15, -0.1) is 0 Å². The molecule has 0 aliphatic carbocycles. The molecular formula is C19H23N3O4. The van der Waals surface area contributed by atoms with E-state index in [2.05, 4.69) is 10.3 Å². The average Bonchev–Trinajstić information content (AvgIpc) is 3.18. The Bertz CT molecular complexity index is 859. The van der Waals surface area contributed by atoms with Gasteiger partial charge in [0.05, 0.1) is 5.41 Å². The lowest BCUT2D eigenvalue weighted by Gasteiger charge is -2.25. The Balaban J connectivity index is 1.81. The predicted octanol–water partition coefficient (Wildman–Crippen LogP) is 1.54. The first-order chi connectivity index (χ1) is 12.3. The van der Waals surface area contributed by atoms with Gasteiger partial charge in [-0.2, -0.15) is 0 Å². The summed E-state index contributed by atoms with van der Waals surface area (Å²) in [5.41, 5.74) is 0.973. The second kappa shape index (κ2) is 6.82. The number of amides is 2. The number of hydrogen-bond acceptors (Lipinski definition) is 3. The largest absolute Gasteiger partial charge is 0.481 e. The van der Waals surface area contributed by atoms with Crippen molar-refractivity contribution in [2.45, 2.75) is 32.7 Å². The van der Waals surface area contributed by atoms with Crippen molar-refractivity contribution in [1.82, 2.24) is 15.2 Å². The number of benzene rings is 1. The summed E-state index contributed by atoms with van der Waals surface area (Å²) in [5, 5.41) is 13.1. The molecule has 26 heavy (non-hydrogen) atoms. The van der Waals surface area contributed by atoms with Crippen LogP contribution in [0.25, 0.3) is 10.9 Å². The number of carbonyl (C=O) groups is 3. The van der Waals surface area contributed by atoms with Gasteiger partial charge >= 0.3 is 5.97 Å². The van der Waals surface area contributed by atoms with E-state index in [0.29, 0.717) is 19.4 Å². The van der Waals surface area contributed by atoms with Crippen molar-refractivity contribution in [3.8, 4) is 0 Å². The summed E-state index contributed by atoms with van der Waals surface area (Å²) in [5.74, 6) is -1.43.